The highest BCUT2D eigenvalue weighted by molar-refractivity contribution is 9.10. The summed E-state index contributed by atoms with van der Waals surface area (Å²) in [5.74, 6) is -0.171. The lowest BCUT2D eigenvalue weighted by Crippen LogP contribution is -2.05. The lowest BCUT2D eigenvalue weighted by molar-refractivity contribution is -0.114. The van der Waals surface area contributed by atoms with Crippen LogP contribution in [0.2, 0.25) is 0 Å². The molecule has 0 aliphatic rings. The van der Waals surface area contributed by atoms with Crippen molar-refractivity contribution in [2.75, 3.05) is 5.32 Å². The zero-order valence-corrected chi connectivity index (χ0v) is 13.1. The zero-order chi connectivity index (χ0) is 15.2. The van der Waals surface area contributed by atoms with Crippen LogP contribution in [0.5, 0.6) is 0 Å². The van der Waals surface area contributed by atoms with E-state index in [1.54, 1.807) is 24.3 Å². The first-order valence-electron chi connectivity index (χ1n) is 6.41. The average molecular weight is 344 g/mol. The van der Waals surface area contributed by atoms with E-state index in [0.717, 1.165) is 15.7 Å². The lowest BCUT2D eigenvalue weighted by Gasteiger charge is -2.02. The van der Waals surface area contributed by atoms with Gasteiger partial charge in [-0.25, -0.2) is 0 Å². The van der Waals surface area contributed by atoms with E-state index in [4.69, 9.17) is 0 Å². The zero-order valence-electron chi connectivity index (χ0n) is 11.5. The van der Waals surface area contributed by atoms with E-state index in [2.05, 4.69) is 21.2 Å². The van der Waals surface area contributed by atoms with Crippen molar-refractivity contribution in [3.05, 3.63) is 70.2 Å². The molecule has 21 heavy (non-hydrogen) atoms. The summed E-state index contributed by atoms with van der Waals surface area (Å²) in [6.07, 6.45) is 3.28. The van der Waals surface area contributed by atoms with Gasteiger partial charge in [0.2, 0.25) is 5.91 Å². The molecule has 3 nitrogen and oxygen atoms in total. The van der Waals surface area contributed by atoms with Gasteiger partial charge in [0.25, 0.3) is 0 Å². The van der Waals surface area contributed by atoms with Crippen LogP contribution < -0.4 is 5.32 Å². The number of anilines is 1. The van der Waals surface area contributed by atoms with Crippen molar-refractivity contribution in [3.8, 4) is 0 Å². The second-order valence-electron chi connectivity index (χ2n) is 4.48. The van der Waals surface area contributed by atoms with E-state index in [1.165, 1.54) is 13.0 Å². The predicted octanol–water partition coefficient (Wildman–Crippen LogP) is 4.30. The van der Waals surface area contributed by atoms with E-state index in [0.29, 0.717) is 5.56 Å². The van der Waals surface area contributed by atoms with E-state index >= 15 is 0 Å². The fourth-order valence-electron chi connectivity index (χ4n) is 1.80. The number of benzene rings is 2. The van der Waals surface area contributed by atoms with Crippen LogP contribution in [0.3, 0.4) is 0 Å². The number of hydrogen-bond acceptors (Lipinski definition) is 2. The Morgan fingerprint density at radius 3 is 2.33 bits per heavy atom. The van der Waals surface area contributed by atoms with Crippen LogP contribution >= 0.6 is 15.9 Å². The minimum absolute atomic E-state index is 0.0617. The first kappa shape index (κ1) is 15.2. The highest BCUT2D eigenvalue weighted by atomic mass is 79.9. The Labute approximate surface area is 131 Å². The molecule has 0 aromatic heterocycles. The number of ketones is 1. The lowest BCUT2D eigenvalue weighted by atomic mass is 10.1. The normalized spacial score (nSPS) is 10.6. The molecule has 106 valence electrons. The Balaban J connectivity index is 2.09. The number of carbonyl (C=O) groups is 2. The Kier molecular flexibility index (Phi) is 5.06. The molecule has 0 fully saturated rings. The van der Waals surface area contributed by atoms with Crippen LogP contribution in [0.25, 0.3) is 6.08 Å². The fourth-order valence-corrected chi connectivity index (χ4v) is 2.28. The molecule has 0 aliphatic carbocycles. The maximum Gasteiger partial charge on any atom is 0.221 e. The van der Waals surface area contributed by atoms with Crippen molar-refractivity contribution < 1.29 is 9.59 Å². The highest BCUT2D eigenvalue weighted by Crippen LogP contribution is 2.17. The number of halogens is 1. The second kappa shape index (κ2) is 6.99. The van der Waals surface area contributed by atoms with E-state index < -0.39 is 0 Å². The minimum atomic E-state index is -0.109. The van der Waals surface area contributed by atoms with Gasteiger partial charge in [0.1, 0.15) is 0 Å². The summed E-state index contributed by atoms with van der Waals surface area (Å²) in [4.78, 5) is 23.0. The first-order chi connectivity index (χ1) is 10.1. The van der Waals surface area contributed by atoms with Crippen LogP contribution in [0.1, 0.15) is 22.8 Å². The predicted molar refractivity (Wildman–Crippen MR) is 88.3 cm³/mol. The molecule has 0 radical (unpaired) electrons. The summed E-state index contributed by atoms with van der Waals surface area (Å²) in [6.45, 7) is 1.46. The molecule has 0 unspecified atom stereocenters. The maximum absolute atomic E-state index is 12.1. The van der Waals surface area contributed by atoms with Crippen molar-refractivity contribution in [3.63, 3.8) is 0 Å². The van der Waals surface area contributed by atoms with Gasteiger partial charge in [-0.2, -0.15) is 0 Å². The molecular weight excluding hydrogens is 330 g/mol. The third kappa shape index (κ3) is 4.39. The Morgan fingerprint density at radius 1 is 1.05 bits per heavy atom. The average Bonchev–Trinajstić information content (AvgIpc) is 2.46. The Bertz CT molecular complexity index is 690. The van der Waals surface area contributed by atoms with E-state index in [1.807, 2.05) is 30.3 Å². The first-order valence-corrected chi connectivity index (χ1v) is 7.20. The fraction of sp³-hybridized carbons (Fsp3) is 0.0588. The summed E-state index contributed by atoms with van der Waals surface area (Å²) in [5.41, 5.74) is 2.25. The standard InChI is InChI=1S/C17H14BrNO2/c1-12(20)19-14-9-6-13(7-10-14)8-11-17(21)15-4-2-3-5-16(15)18/h2-11H,1H3,(H,19,20)/b11-8+. The summed E-state index contributed by atoms with van der Waals surface area (Å²) in [6, 6.07) is 14.6. The topological polar surface area (TPSA) is 46.2 Å². The van der Waals surface area contributed by atoms with Crippen molar-refractivity contribution in [2.24, 2.45) is 0 Å². The van der Waals surface area contributed by atoms with E-state index in [9.17, 15) is 9.59 Å². The molecule has 4 heteroatoms. The van der Waals surface area contributed by atoms with Gasteiger partial charge in [0, 0.05) is 22.6 Å². The molecule has 0 saturated heterocycles. The number of amides is 1. The van der Waals surface area contributed by atoms with Crippen LogP contribution in [0, 0.1) is 0 Å². The maximum atomic E-state index is 12.1. The molecule has 2 aromatic rings. The second-order valence-corrected chi connectivity index (χ2v) is 5.33. The number of hydrogen-bond donors (Lipinski definition) is 1. The number of nitrogens with one attached hydrogen (secondary N) is 1. The molecule has 0 aliphatic heterocycles. The largest absolute Gasteiger partial charge is 0.326 e. The van der Waals surface area contributed by atoms with Gasteiger partial charge in [-0.3, -0.25) is 9.59 Å². The van der Waals surface area contributed by atoms with Gasteiger partial charge < -0.3 is 5.32 Å². The van der Waals surface area contributed by atoms with Gasteiger partial charge in [-0.05, 0) is 35.9 Å². The van der Waals surface area contributed by atoms with Crippen LogP contribution in [-0.4, -0.2) is 11.7 Å². The van der Waals surface area contributed by atoms with Gasteiger partial charge in [-0.15, -0.1) is 0 Å². The summed E-state index contributed by atoms with van der Waals surface area (Å²) in [5, 5.41) is 2.69. The van der Waals surface area contributed by atoms with Crippen molar-refractivity contribution in [1.29, 1.82) is 0 Å². The Morgan fingerprint density at radius 2 is 1.71 bits per heavy atom. The third-order valence-electron chi connectivity index (χ3n) is 2.80. The molecule has 2 rings (SSSR count). The van der Waals surface area contributed by atoms with Crippen LogP contribution in [0.4, 0.5) is 5.69 Å². The molecule has 0 heterocycles. The number of carbonyl (C=O) groups excluding carboxylic acids is 2. The molecular formula is C17H14BrNO2. The summed E-state index contributed by atoms with van der Waals surface area (Å²) >= 11 is 3.36. The van der Waals surface area contributed by atoms with Crippen LogP contribution in [0.15, 0.2) is 59.1 Å². The molecule has 0 saturated carbocycles. The number of rotatable bonds is 4. The minimum Gasteiger partial charge on any atom is -0.326 e. The monoisotopic (exact) mass is 343 g/mol. The van der Waals surface area contributed by atoms with Crippen LogP contribution in [-0.2, 0) is 4.79 Å². The third-order valence-corrected chi connectivity index (χ3v) is 3.49. The smallest absolute Gasteiger partial charge is 0.221 e. The Hall–Kier alpha value is -2.20. The van der Waals surface area contributed by atoms with Gasteiger partial charge in [0.05, 0.1) is 0 Å². The van der Waals surface area contributed by atoms with Gasteiger partial charge in [0.15, 0.2) is 5.78 Å². The number of allylic oxidation sites excluding steroid dienone is 1. The van der Waals surface area contributed by atoms with Crippen molar-refractivity contribution in [2.45, 2.75) is 6.92 Å². The van der Waals surface area contributed by atoms with E-state index in [-0.39, 0.29) is 11.7 Å². The molecule has 1 N–H and O–H groups in total. The quantitative estimate of drug-likeness (QED) is 0.664. The molecule has 0 bridgehead atoms. The summed E-state index contributed by atoms with van der Waals surface area (Å²) in [7, 11) is 0. The highest BCUT2D eigenvalue weighted by Gasteiger charge is 2.05. The molecule has 1 amide bonds. The summed E-state index contributed by atoms with van der Waals surface area (Å²) < 4.78 is 0.778. The molecule has 0 atom stereocenters. The molecule has 2 aromatic carbocycles. The SMILES string of the molecule is CC(=O)Nc1ccc(/C=C/C(=O)c2ccccc2Br)cc1. The van der Waals surface area contributed by atoms with Gasteiger partial charge in [-0.1, -0.05) is 46.3 Å². The molecule has 0 spiro atoms. The van der Waals surface area contributed by atoms with Crippen molar-refractivity contribution in [1.82, 2.24) is 0 Å². The van der Waals surface area contributed by atoms with Crippen molar-refractivity contribution >= 4 is 39.4 Å². The van der Waals surface area contributed by atoms with Gasteiger partial charge >= 0.3 is 0 Å².